The van der Waals surface area contributed by atoms with Crippen LogP contribution in [0.25, 0.3) is 0 Å². The number of nitrogens with zero attached hydrogens (tertiary/aromatic N) is 1. The largest absolute Gasteiger partial charge is 0.494 e. The van der Waals surface area contributed by atoms with E-state index in [2.05, 4.69) is 6.92 Å². The quantitative estimate of drug-likeness (QED) is 0.688. The van der Waals surface area contributed by atoms with Crippen molar-refractivity contribution in [3.63, 3.8) is 0 Å². The average molecular weight is 408 g/mol. The van der Waals surface area contributed by atoms with Gasteiger partial charge in [-0.2, -0.15) is 0 Å². The molecule has 0 radical (unpaired) electrons. The average Bonchev–Trinajstić information content (AvgIpc) is 3.33. The summed E-state index contributed by atoms with van der Waals surface area (Å²) in [5, 5.41) is 0. The first-order valence-electron chi connectivity index (χ1n) is 10.8. The van der Waals surface area contributed by atoms with Gasteiger partial charge in [0.25, 0.3) is 5.91 Å². The Morgan fingerprint density at radius 3 is 2.63 bits per heavy atom. The van der Waals surface area contributed by atoms with Crippen molar-refractivity contribution in [2.75, 3.05) is 19.8 Å². The maximum atomic E-state index is 13.0. The van der Waals surface area contributed by atoms with Crippen molar-refractivity contribution in [2.45, 2.75) is 52.0 Å². The molecule has 2 aromatic carbocycles. The van der Waals surface area contributed by atoms with Crippen LogP contribution in [-0.2, 0) is 4.79 Å². The van der Waals surface area contributed by atoms with Gasteiger partial charge < -0.3 is 14.4 Å². The van der Waals surface area contributed by atoms with Crippen LogP contribution in [0, 0.1) is 6.92 Å². The van der Waals surface area contributed by atoms with E-state index in [0.29, 0.717) is 24.3 Å². The minimum atomic E-state index is -0.0509. The van der Waals surface area contributed by atoms with Crippen LogP contribution in [0.15, 0.2) is 36.4 Å². The zero-order chi connectivity index (χ0) is 21.3. The molecule has 0 unspecified atom stereocenters. The molecule has 1 heterocycles. The molecule has 5 nitrogen and oxygen atoms in total. The van der Waals surface area contributed by atoms with E-state index in [1.54, 1.807) is 0 Å². The molecule has 2 aliphatic rings. The molecular formula is C25H29NO4. The highest BCUT2D eigenvalue weighted by atomic mass is 16.5. The highest BCUT2D eigenvalue weighted by Gasteiger charge is 2.33. The fourth-order valence-electron chi connectivity index (χ4n) is 4.82. The Labute approximate surface area is 178 Å². The second kappa shape index (κ2) is 8.50. The first-order chi connectivity index (χ1) is 14.5. The molecule has 0 spiro atoms. The van der Waals surface area contributed by atoms with Crippen LogP contribution in [0.5, 0.6) is 11.5 Å². The third kappa shape index (κ3) is 3.81. The first kappa shape index (κ1) is 20.5. The number of fused-ring (bicyclic) bond motifs is 1. The van der Waals surface area contributed by atoms with Gasteiger partial charge in [-0.3, -0.25) is 9.59 Å². The Kier molecular flexibility index (Phi) is 5.80. The molecule has 1 amide bonds. The van der Waals surface area contributed by atoms with E-state index in [4.69, 9.17) is 9.47 Å². The number of ketones is 1. The zero-order valence-corrected chi connectivity index (χ0v) is 17.9. The fraction of sp³-hybridized carbons (Fsp3) is 0.440. The van der Waals surface area contributed by atoms with Crippen LogP contribution in [0.2, 0.25) is 0 Å². The standard InChI is InChI=1S/C25H29NO4/c1-4-29-19-10-8-18(9-11-19)20-6-5-13-26(20)23(28)15-30-22-12-7-16(2)24-17(3)14-21(27)25(22)24/h7-12,17,20H,4-6,13-15H2,1-3H3/t17-,20-/m1/s1. The molecule has 1 aliphatic heterocycles. The van der Waals surface area contributed by atoms with Crippen molar-refractivity contribution in [3.8, 4) is 11.5 Å². The van der Waals surface area contributed by atoms with E-state index in [9.17, 15) is 9.59 Å². The fourth-order valence-corrected chi connectivity index (χ4v) is 4.82. The van der Waals surface area contributed by atoms with Crippen molar-refractivity contribution in [1.82, 2.24) is 4.90 Å². The number of hydrogen-bond donors (Lipinski definition) is 0. The molecule has 1 aliphatic carbocycles. The topological polar surface area (TPSA) is 55.8 Å². The summed E-state index contributed by atoms with van der Waals surface area (Å²) in [5.74, 6) is 1.65. The van der Waals surface area contributed by atoms with Gasteiger partial charge in [-0.25, -0.2) is 0 Å². The second-order valence-corrected chi connectivity index (χ2v) is 8.23. The molecule has 1 fully saturated rings. The Balaban J connectivity index is 1.46. The lowest BCUT2D eigenvalue weighted by Gasteiger charge is -2.25. The maximum Gasteiger partial charge on any atom is 0.261 e. The van der Waals surface area contributed by atoms with Gasteiger partial charge in [-0.15, -0.1) is 0 Å². The van der Waals surface area contributed by atoms with Crippen molar-refractivity contribution >= 4 is 11.7 Å². The lowest BCUT2D eigenvalue weighted by Crippen LogP contribution is -2.34. The van der Waals surface area contributed by atoms with Crippen molar-refractivity contribution in [1.29, 1.82) is 0 Å². The molecule has 4 rings (SSSR count). The summed E-state index contributed by atoms with van der Waals surface area (Å²) in [6.45, 7) is 7.36. The molecule has 5 heteroatoms. The van der Waals surface area contributed by atoms with Gasteiger partial charge in [-0.05, 0) is 67.5 Å². The highest BCUT2D eigenvalue weighted by Crippen LogP contribution is 2.40. The number of carbonyl (C=O) groups is 2. The van der Waals surface area contributed by atoms with E-state index in [-0.39, 0.29) is 30.3 Å². The number of ether oxygens (including phenoxy) is 2. The van der Waals surface area contributed by atoms with Gasteiger partial charge in [0.1, 0.15) is 11.5 Å². The predicted octanol–water partition coefficient (Wildman–Crippen LogP) is 4.83. The summed E-state index contributed by atoms with van der Waals surface area (Å²) in [6, 6.07) is 11.8. The Hall–Kier alpha value is -2.82. The Bertz CT molecular complexity index is 950. The monoisotopic (exact) mass is 407 g/mol. The van der Waals surface area contributed by atoms with Gasteiger partial charge in [0.15, 0.2) is 12.4 Å². The minimum Gasteiger partial charge on any atom is -0.494 e. The minimum absolute atomic E-state index is 0.0424. The SMILES string of the molecule is CCOc1ccc([C@H]2CCCN2C(=O)COc2ccc(C)c3c2C(=O)C[C@H]3C)cc1. The van der Waals surface area contributed by atoms with Crippen LogP contribution in [0.3, 0.4) is 0 Å². The smallest absolute Gasteiger partial charge is 0.261 e. The number of likely N-dealkylation sites (tertiary alicyclic amines) is 1. The summed E-state index contributed by atoms with van der Waals surface area (Å²) < 4.78 is 11.4. The Morgan fingerprint density at radius 1 is 1.13 bits per heavy atom. The number of amides is 1. The molecule has 30 heavy (non-hydrogen) atoms. The first-order valence-corrected chi connectivity index (χ1v) is 10.8. The summed E-state index contributed by atoms with van der Waals surface area (Å²) >= 11 is 0. The van der Waals surface area contributed by atoms with Crippen molar-refractivity contribution in [3.05, 3.63) is 58.7 Å². The van der Waals surface area contributed by atoms with Crippen molar-refractivity contribution < 1.29 is 19.1 Å². The van der Waals surface area contributed by atoms with Crippen LogP contribution in [0.1, 0.15) is 72.1 Å². The number of Topliss-reactive ketones (excluding diaryl/α,β-unsaturated/α-hetero) is 1. The number of benzene rings is 2. The lowest BCUT2D eigenvalue weighted by atomic mass is 9.97. The number of aryl methyl sites for hydroxylation is 1. The molecular weight excluding hydrogens is 378 g/mol. The van der Waals surface area contributed by atoms with Crippen molar-refractivity contribution in [2.24, 2.45) is 0 Å². The molecule has 0 N–H and O–H groups in total. The van der Waals surface area contributed by atoms with E-state index < -0.39 is 0 Å². The summed E-state index contributed by atoms with van der Waals surface area (Å²) in [7, 11) is 0. The molecule has 158 valence electrons. The van der Waals surface area contributed by atoms with Crippen LogP contribution >= 0.6 is 0 Å². The number of carbonyl (C=O) groups excluding carboxylic acids is 2. The molecule has 0 saturated carbocycles. The molecule has 0 bridgehead atoms. The third-order valence-corrected chi connectivity index (χ3v) is 6.19. The van der Waals surface area contributed by atoms with Crippen LogP contribution in [-0.4, -0.2) is 36.3 Å². The predicted molar refractivity (Wildman–Crippen MR) is 115 cm³/mol. The molecule has 2 aromatic rings. The third-order valence-electron chi connectivity index (χ3n) is 6.19. The lowest BCUT2D eigenvalue weighted by molar-refractivity contribution is -0.134. The van der Waals surface area contributed by atoms with Gasteiger partial charge in [-0.1, -0.05) is 25.1 Å². The van der Waals surface area contributed by atoms with E-state index in [1.165, 1.54) is 0 Å². The van der Waals surface area contributed by atoms with E-state index >= 15 is 0 Å². The van der Waals surface area contributed by atoms with Gasteiger partial charge >= 0.3 is 0 Å². The van der Waals surface area contributed by atoms with Gasteiger partial charge in [0.2, 0.25) is 0 Å². The molecule has 2 atom stereocenters. The number of rotatable bonds is 6. The van der Waals surface area contributed by atoms with E-state index in [1.807, 2.05) is 55.1 Å². The normalized spacial score (nSPS) is 20.4. The van der Waals surface area contributed by atoms with Gasteiger partial charge in [0.05, 0.1) is 18.2 Å². The molecule has 1 saturated heterocycles. The second-order valence-electron chi connectivity index (χ2n) is 8.23. The van der Waals surface area contributed by atoms with Crippen LogP contribution < -0.4 is 9.47 Å². The summed E-state index contributed by atoms with van der Waals surface area (Å²) in [4.78, 5) is 27.3. The van der Waals surface area contributed by atoms with E-state index in [0.717, 1.165) is 41.8 Å². The summed E-state index contributed by atoms with van der Waals surface area (Å²) in [6.07, 6.45) is 2.42. The molecule has 0 aromatic heterocycles. The zero-order valence-electron chi connectivity index (χ0n) is 17.9. The maximum absolute atomic E-state index is 13.0. The Morgan fingerprint density at radius 2 is 1.90 bits per heavy atom. The van der Waals surface area contributed by atoms with Gasteiger partial charge in [0, 0.05) is 13.0 Å². The van der Waals surface area contributed by atoms with Crippen LogP contribution in [0.4, 0.5) is 0 Å². The highest BCUT2D eigenvalue weighted by molar-refractivity contribution is 6.04. The number of hydrogen-bond acceptors (Lipinski definition) is 4. The summed E-state index contributed by atoms with van der Waals surface area (Å²) in [5.41, 5.74) is 3.96.